The Bertz CT molecular complexity index is 806. The maximum Gasteiger partial charge on any atom is 0.329 e. The van der Waals surface area contributed by atoms with Gasteiger partial charge in [-0.3, -0.25) is 9.69 Å². The minimum Gasteiger partial charge on any atom is -0.362 e. The molecule has 1 aliphatic rings. The smallest absolute Gasteiger partial charge is 0.329 e. The van der Waals surface area contributed by atoms with Gasteiger partial charge < -0.3 is 10.3 Å². The van der Waals surface area contributed by atoms with Crippen molar-refractivity contribution in [3.05, 3.63) is 63.6 Å². The lowest BCUT2D eigenvalue weighted by Crippen LogP contribution is -2.30. The standard InChI is InChI=1S/C17H16ClN3O2/c1-10-7-13(11(2)19-10)8-15-16(22)21(17(23)20-15)9-12-3-5-14(18)6-4-12/h3-8,19H,9H2,1-2H3,(H,20,23)/b15-8-. The number of H-pyrrole nitrogens is 1. The molecule has 0 aliphatic carbocycles. The van der Waals surface area contributed by atoms with E-state index >= 15 is 0 Å². The molecule has 0 atom stereocenters. The van der Waals surface area contributed by atoms with Crippen LogP contribution in [0.3, 0.4) is 0 Å². The van der Waals surface area contributed by atoms with Crippen molar-refractivity contribution in [1.82, 2.24) is 15.2 Å². The van der Waals surface area contributed by atoms with Crippen LogP contribution in [-0.4, -0.2) is 21.8 Å². The largest absolute Gasteiger partial charge is 0.362 e. The summed E-state index contributed by atoms with van der Waals surface area (Å²) in [6, 6.07) is 8.58. The number of aromatic amines is 1. The molecule has 3 amide bonds. The number of hydrogen-bond donors (Lipinski definition) is 2. The summed E-state index contributed by atoms with van der Waals surface area (Å²) in [5, 5.41) is 3.24. The first-order valence-electron chi connectivity index (χ1n) is 7.19. The lowest BCUT2D eigenvalue weighted by molar-refractivity contribution is -0.123. The zero-order valence-corrected chi connectivity index (χ0v) is 13.6. The number of amides is 3. The average Bonchev–Trinajstić information content (AvgIpc) is 2.95. The van der Waals surface area contributed by atoms with Gasteiger partial charge in [-0.15, -0.1) is 0 Å². The van der Waals surface area contributed by atoms with Crippen LogP contribution in [0, 0.1) is 13.8 Å². The maximum absolute atomic E-state index is 12.4. The molecule has 1 aromatic carbocycles. The first-order valence-corrected chi connectivity index (χ1v) is 7.57. The fraction of sp³-hybridized carbons (Fsp3) is 0.176. The Labute approximate surface area is 138 Å². The van der Waals surface area contributed by atoms with Crippen LogP contribution >= 0.6 is 11.6 Å². The van der Waals surface area contributed by atoms with E-state index in [4.69, 9.17) is 11.6 Å². The maximum atomic E-state index is 12.4. The average molecular weight is 330 g/mol. The third-order valence-electron chi connectivity index (χ3n) is 3.71. The van der Waals surface area contributed by atoms with E-state index in [0.717, 1.165) is 22.5 Å². The first kappa shape index (κ1) is 15.4. The minimum absolute atomic E-state index is 0.213. The Morgan fingerprint density at radius 2 is 1.87 bits per heavy atom. The van der Waals surface area contributed by atoms with Gasteiger partial charge in [0.1, 0.15) is 5.70 Å². The predicted molar refractivity (Wildman–Crippen MR) is 88.8 cm³/mol. The van der Waals surface area contributed by atoms with Gasteiger partial charge in [-0.25, -0.2) is 4.79 Å². The highest BCUT2D eigenvalue weighted by Crippen LogP contribution is 2.20. The van der Waals surface area contributed by atoms with Crippen molar-refractivity contribution in [2.75, 3.05) is 0 Å². The second-order valence-corrected chi connectivity index (χ2v) is 5.98. The summed E-state index contributed by atoms with van der Waals surface area (Å²) in [4.78, 5) is 28.9. The van der Waals surface area contributed by atoms with E-state index in [-0.39, 0.29) is 18.1 Å². The number of rotatable bonds is 3. The third kappa shape index (κ3) is 3.14. The highest BCUT2D eigenvalue weighted by Gasteiger charge is 2.33. The van der Waals surface area contributed by atoms with Gasteiger partial charge in [-0.2, -0.15) is 0 Å². The monoisotopic (exact) mass is 329 g/mol. The number of nitrogens with zero attached hydrogens (tertiary/aromatic N) is 1. The van der Waals surface area contributed by atoms with Gasteiger partial charge in [-0.05, 0) is 49.2 Å². The molecule has 1 fully saturated rings. The van der Waals surface area contributed by atoms with Crippen LogP contribution in [-0.2, 0) is 11.3 Å². The van der Waals surface area contributed by atoms with Crippen LogP contribution in [0.15, 0.2) is 36.0 Å². The van der Waals surface area contributed by atoms with E-state index < -0.39 is 6.03 Å². The van der Waals surface area contributed by atoms with Crippen molar-refractivity contribution in [2.24, 2.45) is 0 Å². The predicted octanol–water partition coefficient (Wildman–Crippen LogP) is 3.38. The summed E-state index contributed by atoms with van der Waals surface area (Å²) in [5.74, 6) is -0.330. The summed E-state index contributed by atoms with van der Waals surface area (Å²) in [5.41, 5.74) is 3.97. The van der Waals surface area contributed by atoms with E-state index in [1.54, 1.807) is 30.3 Å². The highest BCUT2D eigenvalue weighted by molar-refractivity contribution is 6.30. The molecule has 0 bridgehead atoms. The van der Waals surface area contributed by atoms with Gasteiger partial charge in [-0.1, -0.05) is 23.7 Å². The topological polar surface area (TPSA) is 65.2 Å². The fourth-order valence-electron chi connectivity index (χ4n) is 2.54. The molecule has 3 rings (SSSR count). The molecule has 5 nitrogen and oxygen atoms in total. The molecule has 2 aromatic rings. The number of carbonyl (C=O) groups is 2. The summed E-state index contributed by atoms with van der Waals surface area (Å²) in [6.45, 7) is 4.08. The minimum atomic E-state index is -0.416. The van der Waals surface area contributed by atoms with E-state index in [0.29, 0.717) is 5.02 Å². The Hall–Kier alpha value is -2.53. The van der Waals surface area contributed by atoms with Crippen molar-refractivity contribution in [2.45, 2.75) is 20.4 Å². The molecule has 0 unspecified atom stereocenters. The number of imide groups is 1. The summed E-state index contributed by atoms with van der Waals surface area (Å²) >= 11 is 5.84. The molecule has 1 aliphatic heterocycles. The lowest BCUT2D eigenvalue weighted by Gasteiger charge is -2.11. The van der Waals surface area contributed by atoms with Gasteiger partial charge in [0.25, 0.3) is 5.91 Å². The van der Waals surface area contributed by atoms with Crippen molar-refractivity contribution in [3.63, 3.8) is 0 Å². The Morgan fingerprint density at radius 1 is 1.17 bits per heavy atom. The highest BCUT2D eigenvalue weighted by atomic mass is 35.5. The second kappa shape index (κ2) is 5.93. The Balaban J connectivity index is 1.82. The zero-order valence-electron chi connectivity index (χ0n) is 12.8. The summed E-state index contributed by atoms with van der Waals surface area (Å²) < 4.78 is 0. The van der Waals surface area contributed by atoms with Gasteiger partial charge in [0, 0.05) is 16.4 Å². The van der Waals surface area contributed by atoms with Crippen molar-refractivity contribution in [1.29, 1.82) is 0 Å². The number of halogens is 1. The zero-order chi connectivity index (χ0) is 16.6. The van der Waals surface area contributed by atoms with Crippen molar-refractivity contribution < 1.29 is 9.59 Å². The first-order chi connectivity index (χ1) is 10.9. The number of nitrogens with one attached hydrogen (secondary N) is 2. The molecule has 6 heteroatoms. The molecule has 0 radical (unpaired) electrons. The SMILES string of the molecule is Cc1cc(/C=C2\NC(=O)N(Cc3ccc(Cl)cc3)C2=O)c(C)[nH]1. The number of aryl methyl sites for hydroxylation is 2. The van der Waals surface area contributed by atoms with Crippen LogP contribution in [0.2, 0.25) is 5.02 Å². The molecule has 1 saturated heterocycles. The van der Waals surface area contributed by atoms with Crippen molar-refractivity contribution in [3.8, 4) is 0 Å². The number of carbonyl (C=O) groups excluding carboxylic acids is 2. The lowest BCUT2D eigenvalue weighted by atomic mass is 10.2. The van der Waals surface area contributed by atoms with E-state index in [1.165, 1.54) is 4.90 Å². The normalized spacial score (nSPS) is 16.3. The molecular formula is C17H16ClN3O2. The molecule has 118 valence electrons. The molecule has 23 heavy (non-hydrogen) atoms. The van der Waals surface area contributed by atoms with Crippen LogP contribution < -0.4 is 5.32 Å². The molecule has 0 saturated carbocycles. The van der Waals surface area contributed by atoms with Gasteiger partial charge in [0.15, 0.2) is 0 Å². The molecule has 2 N–H and O–H groups in total. The van der Waals surface area contributed by atoms with Crippen LogP contribution in [0.1, 0.15) is 22.5 Å². The van der Waals surface area contributed by atoms with E-state index in [2.05, 4.69) is 10.3 Å². The van der Waals surface area contributed by atoms with Crippen LogP contribution in [0.5, 0.6) is 0 Å². The summed E-state index contributed by atoms with van der Waals surface area (Å²) in [7, 11) is 0. The second-order valence-electron chi connectivity index (χ2n) is 5.54. The van der Waals surface area contributed by atoms with Gasteiger partial charge in [0.05, 0.1) is 6.54 Å². The Kier molecular flexibility index (Phi) is 3.96. The van der Waals surface area contributed by atoms with Crippen molar-refractivity contribution >= 4 is 29.6 Å². The number of aromatic nitrogens is 1. The Morgan fingerprint density at radius 3 is 2.48 bits per heavy atom. The third-order valence-corrected chi connectivity index (χ3v) is 3.96. The van der Waals surface area contributed by atoms with E-state index in [9.17, 15) is 9.59 Å². The van der Waals surface area contributed by atoms with Crippen LogP contribution in [0.4, 0.5) is 4.79 Å². The fourth-order valence-corrected chi connectivity index (χ4v) is 2.66. The molecular weight excluding hydrogens is 314 g/mol. The number of benzene rings is 1. The van der Waals surface area contributed by atoms with E-state index in [1.807, 2.05) is 19.9 Å². The summed E-state index contributed by atoms with van der Waals surface area (Å²) in [6.07, 6.45) is 1.70. The molecule has 1 aromatic heterocycles. The van der Waals surface area contributed by atoms with Gasteiger partial charge in [0.2, 0.25) is 0 Å². The van der Waals surface area contributed by atoms with Gasteiger partial charge >= 0.3 is 6.03 Å². The quantitative estimate of drug-likeness (QED) is 0.669. The number of urea groups is 1. The molecule has 2 heterocycles. The molecule has 0 spiro atoms. The van der Waals surface area contributed by atoms with Crippen LogP contribution in [0.25, 0.3) is 6.08 Å². The number of hydrogen-bond acceptors (Lipinski definition) is 2.